The molecule has 2 heteroatoms. The van der Waals surface area contributed by atoms with Gasteiger partial charge in [0.25, 0.3) is 0 Å². The highest BCUT2D eigenvalue weighted by molar-refractivity contribution is 4.80. The van der Waals surface area contributed by atoms with Crippen molar-refractivity contribution in [2.75, 3.05) is 20.1 Å². The molecular weight excluding hydrogens is 124 g/mol. The summed E-state index contributed by atoms with van der Waals surface area (Å²) in [6, 6.07) is 0.459. The summed E-state index contributed by atoms with van der Waals surface area (Å²) in [5.41, 5.74) is 5.93. The van der Waals surface area contributed by atoms with Gasteiger partial charge in [0.05, 0.1) is 0 Å². The zero-order chi connectivity index (χ0) is 7.56. The number of hydrogen-bond acceptors (Lipinski definition) is 2. The molecule has 0 aliphatic carbocycles. The quantitative estimate of drug-likeness (QED) is 0.583. The van der Waals surface area contributed by atoms with Gasteiger partial charge in [0.2, 0.25) is 0 Å². The molecule has 1 fully saturated rings. The Morgan fingerprint density at radius 3 is 2.80 bits per heavy atom. The molecule has 0 amide bonds. The Labute approximate surface area is 63.4 Å². The monoisotopic (exact) mass is 142 g/mol. The molecule has 0 radical (unpaired) electrons. The third-order valence-electron chi connectivity index (χ3n) is 2.52. The fourth-order valence-electron chi connectivity index (χ4n) is 1.66. The molecule has 1 aliphatic heterocycles. The molecule has 10 heavy (non-hydrogen) atoms. The van der Waals surface area contributed by atoms with E-state index >= 15 is 0 Å². The Hall–Kier alpha value is -0.0800. The molecule has 0 bridgehead atoms. The minimum absolute atomic E-state index is 0.459. The van der Waals surface area contributed by atoms with E-state index in [1.807, 2.05) is 0 Å². The van der Waals surface area contributed by atoms with Crippen LogP contribution in [0.15, 0.2) is 0 Å². The predicted molar refractivity (Wildman–Crippen MR) is 43.9 cm³/mol. The van der Waals surface area contributed by atoms with Crippen molar-refractivity contribution in [1.29, 1.82) is 0 Å². The first-order chi connectivity index (χ1) is 4.74. The van der Waals surface area contributed by atoms with Crippen LogP contribution in [-0.2, 0) is 0 Å². The van der Waals surface area contributed by atoms with Crippen LogP contribution in [0.2, 0.25) is 0 Å². The molecule has 0 unspecified atom stereocenters. The van der Waals surface area contributed by atoms with Gasteiger partial charge in [-0.25, -0.2) is 0 Å². The van der Waals surface area contributed by atoms with Gasteiger partial charge in [-0.3, -0.25) is 0 Å². The van der Waals surface area contributed by atoms with Crippen molar-refractivity contribution in [3.63, 3.8) is 0 Å². The minimum Gasteiger partial charge on any atom is -0.327 e. The Balaban J connectivity index is 2.38. The van der Waals surface area contributed by atoms with Crippen LogP contribution < -0.4 is 5.73 Å². The smallest absolute Gasteiger partial charge is 0.00914 e. The summed E-state index contributed by atoms with van der Waals surface area (Å²) in [6.45, 7) is 4.60. The highest BCUT2D eigenvalue weighted by Crippen LogP contribution is 2.16. The summed E-state index contributed by atoms with van der Waals surface area (Å²) in [6.07, 6.45) is 2.40. The van der Waals surface area contributed by atoms with Crippen LogP contribution in [0.1, 0.15) is 19.8 Å². The number of nitrogens with two attached hydrogens (primary N) is 1. The van der Waals surface area contributed by atoms with E-state index in [0.29, 0.717) is 6.04 Å². The lowest BCUT2D eigenvalue weighted by molar-refractivity contribution is 0.182. The second kappa shape index (κ2) is 3.35. The Bertz CT molecular complexity index is 103. The SMILES string of the molecule is CC[C@@H]1CN(C)CC[C@@H]1N. The molecule has 0 saturated carbocycles. The first-order valence-electron chi connectivity index (χ1n) is 4.18. The summed E-state index contributed by atoms with van der Waals surface area (Å²) in [4.78, 5) is 2.37. The highest BCUT2D eigenvalue weighted by atomic mass is 15.1. The van der Waals surface area contributed by atoms with Crippen LogP contribution in [0.25, 0.3) is 0 Å². The average molecular weight is 142 g/mol. The summed E-state index contributed by atoms with van der Waals surface area (Å²) < 4.78 is 0. The van der Waals surface area contributed by atoms with Crippen molar-refractivity contribution < 1.29 is 0 Å². The zero-order valence-electron chi connectivity index (χ0n) is 7.01. The molecule has 1 heterocycles. The van der Waals surface area contributed by atoms with Crippen molar-refractivity contribution in [3.05, 3.63) is 0 Å². The molecule has 0 aromatic carbocycles. The molecule has 2 N–H and O–H groups in total. The molecule has 0 aromatic heterocycles. The maximum Gasteiger partial charge on any atom is 0.00914 e. The largest absolute Gasteiger partial charge is 0.327 e. The molecule has 0 aromatic rings. The van der Waals surface area contributed by atoms with E-state index in [0.717, 1.165) is 5.92 Å². The van der Waals surface area contributed by atoms with Crippen molar-refractivity contribution in [3.8, 4) is 0 Å². The highest BCUT2D eigenvalue weighted by Gasteiger charge is 2.22. The van der Waals surface area contributed by atoms with E-state index in [1.54, 1.807) is 0 Å². The van der Waals surface area contributed by atoms with Crippen LogP contribution in [0.5, 0.6) is 0 Å². The number of piperidine rings is 1. The standard InChI is InChI=1S/C8H18N2/c1-3-7-6-10(2)5-4-8(7)9/h7-8H,3-6,9H2,1-2H3/t7-,8+/m1/s1. The number of hydrogen-bond donors (Lipinski definition) is 1. The number of rotatable bonds is 1. The van der Waals surface area contributed by atoms with Gasteiger partial charge in [-0.05, 0) is 25.9 Å². The Morgan fingerprint density at radius 1 is 1.60 bits per heavy atom. The summed E-state index contributed by atoms with van der Waals surface area (Å²) >= 11 is 0. The van der Waals surface area contributed by atoms with E-state index in [-0.39, 0.29) is 0 Å². The van der Waals surface area contributed by atoms with E-state index in [4.69, 9.17) is 5.73 Å². The third-order valence-corrected chi connectivity index (χ3v) is 2.52. The van der Waals surface area contributed by atoms with Crippen LogP contribution in [0.3, 0.4) is 0 Å². The Morgan fingerprint density at radius 2 is 2.30 bits per heavy atom. The first kappa shape index (κ1) is 8.02. The maximum atomic E-state index is 5.93. The number of nitrogens with zero attached hydrogens (tertiary/aromatic N) is 1. The zero-order valence-corrected chi connectivity index (χ0v) is 7.01. The van der Waals surface area contributed by atoms with E-state index in [2.05, 4.69) is 18.9 Å². The van der Waals surface area contributed by atoms with Gasteiger partial charge in [-0.15, -0.1) is 0 Å². The van der Waals surface area contributed by atoms with Gasteiger partial charge in [0.1, 0.15) is 0 Å². The second-order valence-electron chi connectivity index (χ2n) is 3.38. The van der Waals surface area contributed by atoms with Crippen LogP contribution >= 0.6 is 0 Å². The van der Waals surface area contributed by atoms with Crippen LogP contribution in [0, 0.1) is 5.92 Å². The molecule has 1 aliphatic rings. The van der Waals surface area contributed by atoms with Crippen molar-refractivity contribution >= 4 is 0 Å². The molecule has 1 saturated heterocycles. The Kier molecular flexibility index (Phi) is 2.69. The average Bonchev–Trinajstić information content (AvgIpc) is 1.94. The number of likely N-dealkylation sites (tertiary alicyclic amines) is 1. The lowest BCUT2D eigenvalue weighted by atomic mass is 9.91. The molecule has 1 rings (SSSR count). The lowest BCUT2D eigenvalue weighted by Crippen LogP contribution is -2.45. The molecule has 2 nitrogen and oxygen atoms in total. The summed E-state index contributed by atoms with van der Waals surface area (Å²) in [5.74, 6) is 0.735. The van der Waals surface area contributed by atoms with Crippen molar-refractivity contribution in [1.82, 2.24) is 4.90 Å². The van der Waals surface area contributed by atoms with Crippen molar-refractivity contribution in [2.45, 2.75) is 25.8 Å². The fraction of sp³-hybridized carbons (Fsp3) is 1.00. The summed E-state index contributed by atoms with van der Waals surface area (Å²) in [7, 11) is 2.18. The molecule has 60 valence electrons. The van der Waals surface area contributed by atoms with E-state index in [9.17, 15) is 0 Å². The third kappa shape index (κ3) is 1.70. The molecule has 2 atom stereocenters. The first-order valence-corrected chi connectivity index (χ1v) is 4.18. The van der Waals surface area contributed by atoms with Crippen LogP contribution in [-0.4, -0.2) is 31.1 Å². The van der Waals surface area contributed by atoms with E-state index < -0.39 is 0 Å². The van der Waals surface area contributed by atoms with Gasteiger partial charge >= 0.3 is 0 Å². The van der Waals surface area contributed by atoms with Crippen molar-refractivity contribution in [2.24, 2.45) is 11.7 Å². The van der Waals surface area contributed by atoms with E-state index in [1.165, 1.54) is 25.9 Å². The van der Waals surface area contributed by atoms with Gasteiger partial charge in [0.15, 0.2) is 0 Å². The molecule has 0 spiro atoms. The van der Waals surface area contributed by atoms with Gasteiger partial charge in [-0.1, -0.05) is 13.3 Å². The predicted octanol–water partition coefficient (Wildman–Crippen LogP) is 0.675. The van der Waals surface area contributed by atoms with Gasteiger partial charge < -0.3 is 10.6 Å². The fourth-order valence-corrected chi connectivity index (χ4v) is 1.66. The van der Waals surface area contributed by atoms with Gasteiger partial charge in [-0.2, -0.15) is 0 Å². The lowest BCUT2D eigenvalue weighted by Gasteiger charge is -2.33. The minimum atomic E-state index is 0.459. The normalized spacial score (nSPS) is 36.3. The molecular formula is C8H18N2. The summed E-state index contributed by atoms with van der Waals surface area (Å²) in [5, 5.41) is 0. The second-order valence-corrected chi connectivity index (χ2v) is 3.38. The topological polar surface area (TPSA) is 29.3 Å². The van der Waals surface area contributed by atoms with Crippen LogP contribution in [0.4, 0.5) is 0 Å². The maximum absolute atomic E-state index is 5.93. The van der Waals surface area contributed by atoms with Gasteiger partial charge in [0, 0.05) is 12.6 Å².